The van der Waals surface area contributed by atoms with Crippen molar-refractivity contribution in [3.63, 3.8) is 0 Å². The molecule has 27 heavy (non-hydrogen) atoms. The molecule has 0 aliphatic heterocycles. The van der Waals surface area contributed by atoms with E-state index in [-0.39, 0.29) is 18.1 Å². The number of fused-ring (bicyclic) bond motifs is 1. The van der Waals surface area contributed by atoms with E-state index in [2.05, 4.69) is 10.1 Å². The number of nitrogens with zero attached hydrogens (tertiary/aromatic N) is 2. The Labute approximate surface area is 156 Å². The molecule has 6 heteroatoms. The van der Waals surface area contributed by atoms with Crippen molar-refractivity contribution in [2.45, 2.75) is 20.3 Å². The van der Waals surface area contributed by atoms with E-state index in [1.54, 1.807) is 6.07 Å². The quantitative estimate of drug-likeness (QED) is 0.469. The third kappa shape index (κ3) is 4.28. The van der Waals surface area contributed by atoms with E-state index in [4.69, 9.17) is 9.94 Å². The molecule has 1 aliphatic rings. The van der Waals surface area contributed by atoms with Crippen molar-refractivity contribution in [1.29, 1.82) is 0 Å². The normalized spacial score (nSPS) is 14.9. The molecule has 0 fully saturated rings. The number of carbonyl (C=O) groups is 1. The summed E-state index contributed by atoms with van der Waals surface area (Å²) in [5.41, 5.74) is 5.16. The largest absolute Gasteiger partial charge is 0.477 e. The number of hydrogen-bond acceptors (Lipinski definition) is 4. The number of hydrogen-bond donors (Lipinski definition) is 1. The SMILES string of the molecule is CC(=NOCCC1=C/C(=C/c2cc(C)ncc2F)c2ccccc21)C(=O)O. The highest BCUT2D eigenvalue weighted by Gasteiger charge is 2.18. The number of halogens is 1. The minimum absolute atomic E-state index is 0.0973. The van der Waals surface area contributed by atoms with Gasteiger partial charge in [0.2, 0.25) is 0 Å². The maximum absolute atomic E-state index is 14.1. The third-order valence-corrected chi connectivity index (χ3v) is 4.22. The molecular weight excluding hydrogens is 347 g/mol. The van der Waals surface area contributed by atoms with Gasteiger partial charge in [0.05, 0.1) is 6.20 Å². The molecule has 3 rings (SSSR count). The average Bonchev–Trinajstić information content (AvgIpc) is 2.99. The monoisotopic (exact) mass is 366 g/mol. The van der Waals surface area contributed by atoms with Gasteiger partial charge in [-0.15, -0.1) is 0 Å². The Kier molecular flexibility index (Phi) is 5.45. The predicted octanol–water partition coefficient (Wildman–Crippen LogP) is 4.33. The number of aromatic nitrogens is 1. The van der Waals surface area contributed by atoms with Gasteiger partial charge in [-0.25, -0.2) is 9.18 Å². The van der Waals surface area contributed by atoms with Crippen LogP contribution < -0.4 is 0 Å². The zero-order valence-electron chi connectivity index (χ0n) is 15.1. The summed E-state index contributed by atoms with van der Waals surface area (Å²) >= 11 is 0. The highest BCUT2D eigenvalue weighted by Crippen LogP contribution is 2.38. The van der Waals surface area contributed by atoms with Crippen molar-refractivity contribution in [1.82, 2.24) is 4.98 Å². The zero-order valence-corrected chi connectivity index (χ0v) is 15.1. The lowest BCUT2D eigenvalue weighted by atomic mass is 10.0. The van der Waals surface area contributed by atoms with Crippen LogP contribution in [0.5, 0.6) is 0 Å². The van der Waals surface area contributed by atoms with E-state index < -0.39 is 5.97 Å². The number of carboxylic acid groups (broad SMARTS) is 1. The number of pyridine rings is 1. The molecule has 0 amide bonds. The van der Waals surface area contributed by atoms with Crippen molar-refractivity contribution in [3.05, 3.63) is 70.8 Å². The first-order valence-electron chi connectivity index (χ1n) is 8.50. The van der Waals surface area contributed by atoms with Crippen molar-refractivity contribution in [2.24, 2.45) is 5.16 Å². The van der Waals surface area contributed by atoms with Gasteiger partial charge in [-0.3, -0.25) is 4.98 Å². The summed E-state index contributed by atoms with van der Waals surface area (Å²) in [7, 11) is 0. The summed E-state index contributed by atoms with van der Waals surface area (Å²) in [4.78, 5) is 19.8. The highest BCUT2D eigenvalue weighted by molar-refractivity contribution is 6.34. The van der Waals surface area contributed by atoms with E-state index in [1.165, 1.54) is 13.1 Å². The van der Waals surface area contributed by atoms with Gasteiger partial charge in [0.15, 0.2) is 5.71 Å². The van der Waals surface area contributed by atoms with Crippen LogP contribution in [0.1, 0.15) is 35.7 Å². The first-order chi connectivity index (χ1) is 13.0. The van der Waals surface area contributed by atoms with Gasteiger partial charge in [-0.1, -0.05) is 35.5 Å². The van der Waals surface area contributed by atoms with Gasteiger partial charge in [0.25, 0.3) is 0 Å². The average molecular weight is 366 g/mol. The minimum Gasteiger partial charge on any atom is -0.477 e. The number of rotatable bonds is 6. The molecule has 0 radical (unpaired) electrons. The summed E-state index contributed by atoms with van der Waals surface area (Å²) in [5, 5.41) is 12.3. The third-order valence-electron chi connectivity index (χ3n) is 4.22. The number of aliphatic carboxylic acids is 1. The molecule has 1 aromatic carbocycles. The fraction of sp³-hybridized carbons (Fsp3) is 0.190. The molecule has 2 aromatic rings. The molecule has 0 saturated heterocycles. The van der Waals surface area contributed by atoms with Gasteiger partial charge in [0, 0.05) is 17.7 Å². The van der Waals surface area contributed by atoms with Crippen molar-refractivity contribution < 1.29 is 19.1 Å². The summed E-state index contributed by atoms with van der Waals surface area (Å²) < 4.78 is 14.1. The smallest absolute Gasteiger partial charge is 0.353 e. The molecule has 1 aromatic heterocycles. The highest BCUT2D eigenvalue weighted by atomic mass is 19.1. The predicted molar refractivity (Wildman–Crippen MR) is 103 cm³/mol. The van der Waals surface area contributed by atoms with Gasteiger partial charge in [-0.05, 0) is 48.3 Å². The molecule has 0 unspecified atom stereocenters. The second kappa shape index (κ2) is 7.95. The second-order valence-corrected chi connectivity index (χ2v) is 6.23. The van der Waals surface area contributed by atoms with E-state index in [9.17, 15) is 9.18 Å². The Morgan fingerprint density at radius 1 is 1.33 bits per heavy atom. The van der Waals surface area contributed by atoms with E-state index in [0.29, 0.717) is 12.0 Å². The molecule has 0 saturated carbocycles. The lowest BCUT2D eigenvalue weighted by Gasteiger charge is -2.05. The lowest BCUT2D eigenvalue weighted by molar-refractivity contribution is -0.129. The van der Waals surface area contributed by atoms with Gasteiger partial charge < -0.3 is 9.94 Å². The van der Waals surface area contributed by atoms with Crippen LogP contribution in [-0.2, 0) is 9.63 Å². The Morgan fingerprint density at radius 3 is 2.81 bits per heavy atom. The topological polar surface area (TPSA) is 71.8 Å². The van der Waals surface area contributed by atoms with Crippen LogP contribution in [0.2, 0.25) is 0 Å². The maximum Gasteiger partial charge on any atom is 0.353 e. The zero-order chi connectivity index (χ0) is 19.4. The van der Waals surface area contributed by atoms with E-state index >= 15 is 0 Å². The first kappa shape index (κ1) is 18.5. The van der Waals surface area contributed by atoms with Crippen LogP contribution in [0.3, 0.4) is 0 Å². The van der Waals surface area contributed by atoms with Crippen molar-refractivity contribution in [3.8, 4) is 0 Å². The van der Waals surface area contributed by atoms with Crippen LogP contribution in [0.4, 0.5) is 4.39 Å². The van der Waals surface area contributed by atoms with E-state index in [1.807, 2.05) is 43.3 Å². The number of benzene rings is 1. The molecule has 5 nitrogen and oxygen atoms in total. The van der Waals surface area contributed by atoms with Crippen LogP contribution in [0.15, 0.2) is 47.8 Å². The molecule has 1 aliphatic carbocycles. The molecular formula is C21H19FN2O3. The molecule has 0 bridgehead atoms. The fourth-order valence-corrected chi connectivity index (χ4v) is 2.86. The fourth-order valence-electron chi connectivity index (χ4n) is 2.86. The molecule has 1 N–H and O–H groups in total. The number of carboxylic acids is 1. The van der Waals surface area contributed by atoms with Crippen molar-refractivity contribution >= 4 is 28.9 Å². The lowest BCUT2D eigenvalue weighted by Crippen LogP contribution is -2.08. The summed E-state index contributed by atoms with van der Waals surface area (Å²) in [6.07, 6.45) is 5.59. The Morgan fingerprint density at radius 2 is 2.07 bits per heavy atom. The summed E-state index contributed by atoms with van der Waals surface area (Å²) in [6, 6.07) is 9.59. The number of allylic oxidation sites excluding steroid dienone is 2. The van der Waals surface area contributed by atoms with Crippen LogP contribution in [0.25, 0.3) is 17.2 Å². The van der Waals surface area contributed by atoms with Crippen LogP contribution >= 0.6 is 0 Å². The molecule has 1 heterocycles. The van der Waals surface area contributed by atoms with Gasteiger partial charge in [0.1, 0.15) is 12.4 Å². The van der Waals surface area contributed by atoms with E-state index in [0.717, 1.165) is 28.0 Å². The van der Waals surface area contributed by atoms with Gasteiger partial charge >= 0.3 is 5.97 Å². The Bertz CT molecular complexity index is 977. The summed E-state index contributed by atoms with van der Waals surface area (Å²) in [5.74, 6) is -1.48. The Balaban J connectivity index is 1.84. The number of oxime groups is 1. The molecule has 138 valence electrons. The van der Waals surface area contributed by atoms with Crippen molar-refractivity contribution in [2.75, 3.05) is 6.61 Å². The standard InChI is InChI=1S/C21H19FN2O3/c1-13-9-17(20(22)12-23-13)11-16-10-15(18-5-3-4-6-19(16)18)7-8-27-24-14(2)21(25)26/h3-6,9-12H,7-8H2,1-2H3,(H,25,26)/b16-11-,24-14?. The minimum atomic E-state index is -1.11. The van der Waals surface area contributed by atoms with Crippen LogP contribution in [-0.4, -0.2) is 28.4 Å². The maximum atomic E-state index is 14.1. The van der Waals surface area contributed by atoms with Crippen LogP contribution in [0, 0.1) is 12.7 Å². The van der Waals surface area contributed by atoms with Gasteiger partial charge in [-0.2, -0.15) is 0 Å². The second-order valence-electron chi connectivity index (χ2n) is 6.23. The first-order valence-corrected chi connectivity index (χ1v) is 8.50. The Hall–Kier alpha value is -3.28. The number of aryl methyl sites for hydroxylation is 1. The summed E-state index contributed by atoms with van der Waals surface area (Å²) in [6.45, 7) is 3.45. The molecule has 0 spiro atoms. The molecule has 0 atom stereocenters.